The summed E-state index contributed by atoms with van der Waals surface area (Å²) >= 11 is 0. The highest BCUT2D eigenvalue weighted by molar-refractivity contribution is 5.85. The second kappa shape index (κ2) is 9.83. The van der Waals surface area contributed by atoms with E-state index >= 15 is 0 Å². The van der Waals surface area contributed by atoms with Crippen LogP contribution in [-0.4, -0.2) is 16.9 Å². The lowest BCUT2D eigenvalue weighted by molar-refractivity contribution is -0.122. The van der Waals surface area contributed by atoms with Gasteiger partial charge in [0.25, 0.3) is 0 Å². The Kier molecular flexibility index (Phi) is 10.5. The fraction of sp³-hybridized carbons (Fsp3) is 0.500. The van der Waals surface area contributed by atoms with Crippen LogP contribution in [0, 0.1) is 5.92 Å². The number of rotatable bonds is 5. The van der Waals surface area contributed by atoms with E-state index in [4.69, 9.17) is 5.73 Å². The molecular formula is C12H21Cl2N3O2. The average Bonchev–Trinajstić information content (AvgIpc) is 2.27. The second-order valence-electron chi connectivity index (χ2n) is 4.52. The van der Waals surface area contributed by atoms with Crippen LogP contribution < -0.4 is 16.6 Å². The van der Waals surface area contributed by atoms with Crippen LogP contribution in [-0.2, 0) is 11.3 Å². The molecule has 0 unspecified atom stereocenters. The summed E-state index contributed by atoms with van der Waals surface area (Å²) in [7, 11) is 0. The van der Waals surface area contributed by atoms with E-state index in [9.17, 15) is 9.59 Å². The number of carbonyl (C=O) groups excluding carboxylic acids is 1. The zero-order valence-corrected chi connectivity index (χ0v) is 12.6. The molecule has 1 atom stereocenters. The van der Waals surface area contributed by atoms with Crippen LogP contribution in [0.2, 0.25) is 0 Å². The first-order chi connectivity index (χ1) is 7.99. The van der Waals surface area contributed by atoms with Gasteiger partial charge in [-0.25, -0.2) is 0 Å². The Morgan fingerprint density at radius 3 is 2.47 bits per heavy atom. The van der Waals surface area contributed by atoms with Crippen LogP contribution in [0.15, 0.2) is 23.1 Å². The van der Waals surface area contributed by atoms with E-state index in [1.165, 1.54) is 6.07 Å². The standard InChI is InChI=1S/C12H19N3O2.2ClH/c1-8(2)5-10(13)12(17)15-7-9-3-4-11(16)14-6-9;;/h3-4,6,8,10H,5,7,13H2,1-2H3,(H,14,16)(H,15,17);2*1H/t10-;;/m0../s1. The van der Waals surface area contributed by atoms with Gasteiger partial charge in [0.2, 0.25) is 11.5 Å². The number of amides is 1. The largest absolute Gasteiger partial charge is 0.351 e. The van der Waals surface area contributed by atoms with Gasteiger partial charge in [0.05, 0.1) is 6.04 Å². The lowest BCUT2D eigenvalue weighted by Crippen LogP contribution is -2.41. The third kappa shape index (κ3) is 7.87. The lowest BCUT2D eigenvalue weighted by Gasteiger charge is -2.13. The Labute approximate surface area is 125 Å². The Hall–Kier alpha value is -1.04. The van der Waals surface area contributed by atoms with Crippen molar-refractivity contribution in [3.05, 3.63) is 34.2 Å². The fourth-order valence-electron chi connectivity index (χ4n) is 1.49. The normalized spacial score (nSPS) is 11.2. The van der Waals surface area contributed by atoms with Crippen molar-refractivity contribution in [1.29, 1.82) is 0 Å². The van der Waals surface area contributed by atoms with Crippen molar-refractivity contribution in [2.24, 2.45) is 11.7 Å². The third-order valence-corrected chi connectivity index (χ3v) is 2.38. The molecule has 0 aliphatic rings. The summed E-state index contributed by atoms with van der Waals surface area (Å²) < 4.78 is 0. The quantitative estimate of drug-likeness (QED) is 0.764. The minimum atomic E-state index is -0.474. The van der Waals surface area contributed by atoms with Gasteiger partial charge in [0.1, 0.15) is 0 Å². The summed E-state index contributed by atoms with van der Waals surface area (Å²) in [6.45, 7) is 4.42. The van der Waals surface area contributed by atoms with Gasteiger partial charge in [-0.3, -0.25) is 9.59 Å². The molecule has 1 aromatic rings. The van der Waals surface area contributed by atoms with Crippen LogP contribution in [0.3, 0.4) is 0 Å². The summed E-state index contributed by atoms with van der Waals surface area (Å²) in [5, 5.41) is 2.74. The Balaban J connectivity index is 0. The number of carbonyl (C=O) groups is 1. The van der Waals surface area contributed by atoms with Gasteiger partial charge in [-0.15, -0.1) is 24.8 Å². The molecular weight excluding hydrogens is 289 g/mol. The maximum absolute atomic E-state index is 11.6. The number of aromatic nitrogens is 1. The first kappa shape index (κ1) is 20.3. The topological polar surface area (TPSA) is 88.0 Å². The summed E-state index contributed by atoms with van der Waals surface area (Å²) in [5.74, 6) is 0.230. The monoisotopic (exact) mass is 309 g/mol. The molecule has 0 aromatic carbocycles. The Morgan fingerprint density at radius 1 is 1.37 bits per heavy atom. The van der Waals surface area contributed by atoms with Crippen LogP contribution in [0.1, 0.15) is 25.8 Å². The van der Waals surface area contributed by atoms with Crippen molar-refractivity contribution >= 4 is 30.7 Å². The average molecular weight is 310 g/mol. The van der Waals surface area contributed by atoms with Gasteiger partial charge in [-0.1, -0.05) is 19.9 Å². The van der Waals surface area contributed by atoms with Crippen molar-refractivity contribution in [3.8, 4) is 0 Å². The van der Waals surface area contributed by atoms with Crippen molar-refractivity contribution in [2.45, 2.75) is 32.9 Å². The van der Waals surface area contributed by atoms with E-state index in [0.717, 1.165) is 5.56 Å². The van der Waals surface area contributed by atoms with Crippen LogP contribution in [0.25, 0.3) is 0 Å². The lowest BCUT2D eigenvalue weighted by atomic mass is 10.0. The predicted octanol–water partition coefficient (Wildman–Crippen LogP) is 1.21. The molecule has 1 heterocycles. The van der Waals surface area contributed by atoms with E-state index in [1.807, 2.05) is 13.8 Å². The molecule has 0 aliphatic carbocycles. The highest BCUT2D eigenvalue weighted by atomic mass is 35.5. The number of pyridine rings is 1. The van der Waals surface area contributed by atoms with Gasteiger partial charge in [0.15, 0.2) is 0 Å². The third-order valence-electron chi connectivity index (χ3n) is 2.38. The maximum Gasteiger partial charge on any atom is 0.247 e. The highest BCUT2D eigenvalue weighted by Gasteiger charge is 2.14. The van der Waals surface area contributed by atoms with Crippen molar-refractivity contribution < 1.29 is 4.79 Å². The molecule has 0 radical (unpaired) electrons. The predicted molar refractivity (Wildman–Crippen MR) is 80.8 cm³/mol. The van der Waals surface area contributed by atoms with Gasteiger partial charge in [-0.05, 0) is 17.9 Å². The number of aromatic amines is 1. The number of nitrogens with one attached hydrogen (secondary N) is 2. The molecule has 4 N–H and O–H groups in total. The summed E-state index contributed by atoms with van der Waals surface area (Å²) in [6, 6.07) is 2.63. The van der Waals surface area contributed by atoms with Crippen LogP contribution in [0.5, 0.6) is 0 Å². The van der Waals surface area contributed by atoms with E-state index in [0.29, 0.717) is 18.9 Å². The van der Waals surface area contributed by atoms with Gasteiger partial charge in [-0.2, -0.15) is 0 Å². The molecule has 1 aromatic heterocycles. The molecule has 1 amide bonds. The summed E-state index contributed by atoms with van der Waals surface area (Å²) in [5.41, 5.74) is 6.42. The minimum Gasteiger partial charge on any atom is -0.351 e. The summed E-state index contributed by atoms with van der Waals surface area (Å²) in [6.07, 6.45) is 2.24. The number of halogens is 2. The molecule has 19 heavy (non-hydrogen) atoms. The van der Waals surface area contributed by atoms with Crippen LogP contribution >= 0.6 is 24.8 Å². The van der Waals surface area contributed by atoms with Crippen molar-refractivity contribution in [2.75, 3.05) is 0 Å². The molecule has 110 valence electrons. The molecule has 0 saturated heterocycles. The second-order valence-corrected chi connectivity index (χ2v) is 4.52. The molecule has 0 fully saturated rings. The van der Waals surface area contributed by atoms with E-state index in [1.54, 1.807) is 12.3 Å². The Morgan fingerprint density at radius 2 is 2.00 bits per heavy atom. The first-order valence-electron chi connectivity index (χ1n) is 5.70. The number of H-pyrrole nitrogens is 1. The molecule has 0 aliphatic heterocycles. The first-order valence-corrected chi connectivity index (χ1v) is 5.70. The van der Waals surface area contributed by atoms with Gasteiger partial charge in [0, 0.05) is 18.8 Å². The fourth-order valence-corrected chi connectivity index (χ4v) is 1.49. The zero-order chi connectivity index (χ0) is 12.8. The smallest absolute Gasteiger partial charge is 0.247 e. The highest BCUT2D eigenvalue weighted by Crippen LogP contribution is 2.02. The van der Waals surface area contributed by atoms with Crippen molar-refractivity contribution in [1.82, 2.24) is 10.3 Å². The molecule has 5 nitrogen and oxygen atoms in total. The van der Waals surface area contributed by atoms with E-state index in [-0.39, 0.29) is 36.3 Å². The summed E-state index contributed by atoms with van der Waals surface area (Å²) in [4.78, 5) is 25.0. The molecule has 1 rings (SSSR count). The number of hydrogen-bond acceptors (Lipinski definition) is 3. The zero-order valence-electron chi connectivity index (χ0n) is 11.0. The van der Waals surface area contributed by atoms with E-state index in [2.05, 4.69) is 10.3 Å². The SMILES string of the molecule is CC(C)C[C@H](N)C(=O)NCc1ccc(=O)[nH]c1.Cl.Cl. The molecule has 0 spiro atoms. The number of nitrogens with two attached hydrogens (primary N) is 1. The maximum atomic E-state index is 11.6. The molecule has 0 bridgehead atoms. The minimum absolute atomic E-state index is 0. The Bertz CT molecular complexity index is 415. The number of hydrogen-bond donors (Lipinski definition) is 3. The molecule has 7 heteroatoms. The van der Waals surface area contributed by atoms with Gasteiger partial charge < -0.3 is 16.0 Å². The van der Waals surface area contributed by atoms with Crippen molar-refractivity contribution in [3.63, 3.8) is 0 Å². The van der Waals surface area contributed by atoms with Crippen LogP contribution in [0.4, 0.5) is 0 Å². The van der Waals surface area contributed by atoms with E-state index < -0.39 is 6.04 Å². The molecule has 0 saturated carbocycles. The van der Waals surface area contributed by atoms with Gasteiger partial charge >= 0.3 is 0 Å².